The fraction of sp³-hybridized carbons (Fsp3) is 0.353. The number of nitrogens with one attached hydrogen (secondary N) is 1. The lowest BCUT2D eigenvalue weighted by atomic mass is 10.1. The van der Waals surface area contributed by atoms with Crippen molar-refractivity contribution < 1.29 is 27.9 Å². The summed E-state index contributed by atoms with van der Waals surface area (Å²) in [5.41, 5.74) is 0.337. The van der Waals surface area contributed by atoms with Gasteiger partial charge in [0.25, 0.3) is 0 Å². The summed E-state index contributed by atoms with van der Waals surface area (Å²) >= 11 is 0. The van der Waals surface area contributed by atoms with E-state index in [-0.39, 0.29) is 22.6 Å². The van der Waals surface area contributed by atoms with Crippen LogP contribution in [0, 0.1) is 5.41 Å². The van der Waals surface area contributed by atoms with Crippen molar-refractivity contribution in [2.24, 2.45) is 0 Å². The Kier molecular flexibility index (Phi) is 5.81. The summed E-state index contributed by atoms with van der Waals surface area (Å²) in [4.78, 5) is 23.4. The van der Waals surface area contributed by atoms with Crippen LogP contribution in [0.15, 0.2) is 35.6 Å². The topological polar surface area (TPSA) is 125 Å². The van der Waals surface area contributed by atoms with Crippen molar-refractivity contribution in [2.45, 2.75) is 20.3 Å². The van der Waals surface area contributed by atoms with Crippen molar-refractivity contribution in [2.75, 3.05) is 23.2 Å². The van der Waals surface area contributed by atoms with Crippen LogP contribution in [0.2, 0.25) is 0 Å². The average molecular weight is 380 g/mol. The molecule has 0 unspecified atom stereocenters. The number of allylic oxidation sites excluding steroid dienone is 1. The Balaban J connectivity index is 2.08. The molecule has 26 heavy (non-hydrogen) atoms. The highest BCUT2D eigenvalue weighted by molar-refractivity contribution is 7.93. The van der Waals surface area contributed by atoms with E-state index in [1.807, 2.05) is 0 Å². The normalized spacial score (nSPS) is 16.8. The van der Waals surface area contributed by atoms with Gasteiger partial charge >= 0.3 is 5.97 Å². The average Bonchev–Trinajstić information content (AvgIpc) is 2.91. The summed E-state index contributed by atoms with van der Waals surface area (Å²) in [5.74, 6) is -1.62. The first-order valence-corrected chi connectivity index (χ1v) is 9.50. The first kappa shape index (κ1) is 19.6. The maximum absolute atomic E-state index is 12.0. The van der Waals surface area contributed by atoms with Gasteiger partial charge in [-0.05, 0) is 44.5 Å². The molecule has 0 atom stereocenters. The number of esters is 1. The fourth-order valence-electron chi connectivity index (χ4n) is 2.67. The quantitative estimate of drug-likeness (QED) is 0.336. The summed E-state index contributed by atoms with van der Waals surface area (Å²) in [6.07, 6.45) is 0.558. The van der Waals surface area contributed by atoms with E-state index in [0.29, 0.717) is 18.7 Å². The number of nitrogens with zero attached hydrogens (tertiary/aromatic N) is 1. The van der Waals surface area contributed by atoms with E-state index in [2.05, 4.69) is 0 Å². The number of carbonyl (C=O) groups is 2. The van der Waals surface area contributed by atoms with Crippen molar-refractivity contribution in [3.8, 4) is 0 Å². The molecular weight excluding hydrogens is 360 g/mol. The van der Waals surface area contributed by atoms with Gasteiger partial charge in [0, 0.05) is 12.3 Å². The molecule has 0 aliphatic carbocycles. The number of anilines is 1. The van der Waals surface area contributed by atoms with Gasteiger partial charge in [-0.25, -0.2) is 13.2 Å². The second-order valence-electron chi connectivity index (χ2n) is 5.87. The number of aliphatic hydroxyl groups excluding tert-OH is 1. The third-order valence-corrected chi connectivity index (χ3v) is 5.72. The van der Waals surface area contributed by atoms with Crippen LogP contribution in [0.4, 0.5) is 5.69 Å². The first-order chi connectivity index (χ1) is 12.1. The van der Waals surface area contributed by atoms with Crippen molar-refractivity contribution >= 4 is 33.2 Å². The minimum absolute atomic E-state index is 0.104. The number of hydrogen-bond acceptors (Lipinski definition) is 7. The Hall–Kier alpha value is -2.68. The number of rotatable bonds is 6. The number of benzene rings is 1. The lowest BCUT2D eigenvalue weighted by molar-refractivity contribution is -0.113. The molecule has 0 spiro atoms. The van der Waals surface area contributed by atoms with Crippen LogP contribution in [0.5, 0.6) is 0 Å². The zero-order valence-corrected chi connectivity index (χ0v) is 15.3. The maximum atomic E-state index is 12.0. The highest BCUT2D eigenvalue weighted by Crippen LogP contribution is 2.24. The van der Waals surface area contributed by atoms with E-state index in [0.717, 1.165) is 0 Å². The molecule has 2 N–H and O–H groups in total. The molecule has 1 aliphatic heterocycles. The lowest BCUT2D eigenvalue weighted by Gasteiger charge is -2.16. The van der Waals surface area contributed by atoms with Crippen molar-refractivity contribution in [3.05, 3.63) is 41.2 Å². The second kappa shape index (κ2) is 7.69. The number of ether oxygens (including phenoxy) is 1. The molecule has 1 aromatic rings. The molecule has 0 amide bonds. The monoisotopic (exact) mass is 380 g/mol. The van der Waals surface area contributed by atoms with Gasteiger partial charge in [0.15, 0.2) is 5.78 Å². The summed E-state index contributed by atoms with van der Waals surface area (Å²) in [6, 6.07) is 5.88. The number of aliphatic hydroxyl groups is 1. The highest BCUT2D eigenvalue weighted by Gasteiger charge is 2.28. The van der Waals surface area contributed by atoms with Crippen LogP contribution < -0.4 is 4.31 Å². The summed E-state index contributed by atoms with van der Waals surface area (Å²) < 4.78 is 30.0. The van der Waals surface area contributed by atoms with Crippen molar-refractivity contribution in [3.63, 3.8) is 0 Å². The number of carbonyl (C=O) groups excluding carboxylic acids is 2. The number of sulfonamides is 1. The first-order valence-electron chi connectivity index (χ1n) is 7.89. The standard InChI is InChI=1S/C17H20N2O6S/c1-11(18)16(12(2)20)15(21)10-25-17(22)13-4-6-14(7-5-13)19-8-3-9-26(19,23)24/h4-7,18,21H,3,8-10H2,1-2H3/b16-15-,18-11?. The van der Waals surface area contributed by atoms with E-state index in [9.17, 15) is 23.1 Å². The van der Waals surface area contributed by atoms with E-state index in [4.69, 9.17) is 10.1 Å². The molecule has 9 heteroatoms. The molecule has 0 bridgehead atoms. The zero-order valence-electron chi connectivity index (χ0n) is 14.5. The Morgan fingerprint density at radius 1 is 1.23 bits per heavy atom. The SMILES string of the molecule is CC(=N)/C(C(C)=O)=C(/O)COC(=O)c1ccc(N2CCCS2(=O)=O)cc1. The highest BCUT2D eigenvalue weighted by atomic mass is 32.2. The minimum atomic E-state index is -3.29. The van der Waals surface area contributed by atoms with Gasteiger partial charge in [0.2, 0.25) is 10.0 Å². The Morgan fingerprint density at radius 3 is 2.31 bits per heavy atom. The van der Waals surface area contributed by atoms with E-state index in [1.54, 1.807) is 0 Å². The van der Waals surface area contributed by atoms with Gasteiger partial charge in [0.1, 0.15) is 12.4 Å². The molecule has 1 aromatic carbocycles. The van der Waals surface area contributed by atoms with Crippen molar-refractivity contribution in [1.29, 1.82) is 5.41 Å². The number of ketones is 1. The molecule has 8 nitrogen and oxygen atoms in total. The minimum Gasteiger partial charge on any atom is -0.508 e. The van der Waals surface area contributed by atoms with Crippen LogP contribution in [0.3, 0.4) is 0 Å². The summed E-state index contributed by atoms with van der Waals surface area (Å²) in [7, 11) is -3.29. The van der Waals surface area contributed by atoms with Gasteiger partial charge in [0.05, 0.1) is 22.6 Å². The largest absolute Gasteiger partial charge is 0.508 e. The van der Waals surface area contributed by atoms with Gasteiger partial charge < -0.3 is 15.3 Å². The smallest absolute Gasteiger partial charge is 0.338 e. The molecule has 0 saturated carbocycles. The van der Waals surface area contributed by atoms with Crippen LogP contribution in [0.1, 0.15) is 30.6 Å². The zero-order chi connectivity index (χ0) is 19.5. The second-order valence-corrected chi connectivity index (χ2v) is 7.88. The summed E-state index contributed by atoms with van der Waals surface area (Å²) in [6.45, 7) is 2.42. The van der Waals surface area contributed by atoms with E-state index >= 15 is 0 Å². The molecule has 0 radical (unpaired) electrons. The molecular formula is C17H20N2O6S. The van der Waals surface area contributed by atoms with Gasteiger partial charge in [-0.3, -0.25) is 9.10 Å². The molecule has 2 rings (SSSR count). The molecule has 0 aromatic heterocycles. The van der Waals surface area contributed by atoms with E-state index < -0.39 is 34.1 Å². The van der Waals surface area contributed by atoms with Crippen LogP contribution in [0.25, 0.3) is 0 Å². The van der Waals surface area contributed by atoms with Gasteiger partial charge in [-0.15, -0.1) is 0 Å². The molecule has 1 heterocycles. The van der Waals surface area contributed by atoms with Gasteiger partial charge in [-0.2, -0.15) is 0 Å². The molecule has 140 valence electrons. The molecule has 1 aliphatic rings. The number of Topliss-reactive ketones (excluding diaryl/α,β-unsaturated/α-hetero) is 1. The maximum Gasteiger partial charge on any atom is 0.338 e. The predicted octanol–water partition coefficient (Wildman–Crippen LogP) is 1.82. The van der Waals surface area contributed by atoms with E-state index in [1.165, 1.54) is 42.4 Å². The third kappa shape index (κ3) is 4.29. The Labute approximate surface area is 151 Å². The van der Waals surface area contributed by atoms with Crippen LogP contribution >= 0.6 is 0 Å². The van der Waals surface area contributed by atoms with Gasteiger partial charge in [-0.1, -0.05) is 0 Å². The molecule has 1 saturated heterocycles. The Bertz CT molecular complexity index is 855. The lowest BCUT2D eigenvalue weighted by Crippen LogP contribution is -2.25. The third-order valence-electron chi connectivity index (χ3n) is 3.85. The molecule has 1 fully saturated rings. The summed E-state index contributed by atoms with van der Waals surface area (Å²) in [5, 5.41) is 17.3. The van der Waals surface area contributed by atoms with Crippen LogP contribution in [-0.2, 0) is 19.6 Å². The Morgan fingerprint density at radius 2 is 1.85 bits per heavy atom. The number of hydrogen-bond donors (Lipinski definition) is 2. The van der Waals surface area contributed by atoms with Crippen LogP contribution in [-0.4, -0.2) is 49.9 Å². The van der Waals surface area contributed by atoms with Crippen molar-refractivity contribution in [1.82, 2.24) is 0 Å². The predicted molar refractivity (Wildman–Crippen MR) is 96.2 cm³/mol. The fourth-order valence-corrected chi connectivity index (χ4v) is 4.23.